The molecule has 2 aliphatic rings. The number of rotatable bonds is 9. The monoisotopic (exact) mass is 510 g/mol. The van der Waals surface area contributed by atoms with Crippen molar-refractivity contribution in [3.63, 3.8) is 0 Å². The van der Waals surface area contributed by atoms with Crippen LogP contribution in [0.5, 0.6) is 0 Å². The molecule has 1 aromatic carbocycles. The van der Waals surface area contributed by atoms with Gasteiger partial charge in [-0.3, -0.25) is 14.4 Å². The number of carbonyl (C=O) groups excluding carboxylic acids is 1. The number of amides is 1. The van der Waals surface area contributed by atoms with Crippen LogP contribution in [-0.4, -0.2) is 45.0 Å². The van der Waals surface area contributed by atoms with Crippen LogP contribution in [0.3, 0.4) is 0 Å². The Labute approximate surface area is 218 Å². The molecule has 2 fully saturated rings. The zero-order valence-corrected chi connectivity index (χ0v) is 21.7. The zero-order valence-electron chi connectivity index (χ0n) is 21.7. The lowest BCUT2D eigenvalue weighted by atomic mass is 9.82. The number of hydrogen-bond acceptors (Lipinski definition) is 6. The number of piperidine rings is 1. The second-order valence-electron chi connectivity index (χ2n) is 10.6. The highest BCUT2D eigenvalue weighted by atomic mass is 19.1. The number of likely N-dealkylation sites (tertiary alicyclic amines) is 1. The fourth-order valence-corrected chi connectivity index (χ4v) is 5.75. The first-order valence-electron chi connectivity index (χ1n) is 13.5. The molecule has 1 saturated heterocycles. The number of nitrogens with one attached hydrogen (secondary N) is 1. The lowest BCUT2D eigenvalue weighted by molar-refractivity contribution is -0.116. The van der Waals surface area contributed by atoms with Gasteiger partial charge >= 0.3 is 0 Å². The van der Waals surface area contributed by atoms with Gasteiger partial charge < -0.3 is 16.2 Å². The summed E-state index contributed by atoms with van der Waals surface area (Å²) >= 11 is 0. The summed E-state index contributed by atoms with van der Waals surface area (Å²) < 4.78 is 17.3. The molecule has 1 aliphatic heterocycles. The van der Waals surface area contributed by atoms with E-state index >= 15 is 4.39 Å². The van der Waals surface area contributed by atoms with Crippen LogP contribution in [0.1, 0.15) is 93.5 Å². The van der Waals surface area contributed by atoms with Crippen LogP contribution in [-0.2, 0) is 16.9 Å². The lowest BCUT2D eigenvalue weighted by Gasteiger charge is -2.43. The van der Waals surface area contributed by atoms with E-state index < -0.39 is 17.9 Å². The molecule has 0 bridgehead atoms. The summed E-state index contributed by atoms with van der Waals surface area (Å²) in [6, 6.07) is 10.9. The summed E-state index contributed by atoms with van der Waals surface area (Å²) in [6.45, 7) is 3.26. The average Bonchev–Trinajstić information content (AvgIpc) is 3.31. The highest BCUT2D eigenvalue weighted by molar-refractivity contribution is 5.90. The van der Waals surface area contributed by atoms with Crippen molar-refractivity contribution in [3.05, 3.63) is 47.2 Å². The number of aliphatic hydroxyl groups is 1. The van der Waals surface area contributed by atoms with Gasteiger partial charge in [0.25, 0.3) is 0 Å². The van der Waals surface area contributed by atoms with Gasteiger partial charge in [0.05, 0.1) is 18.1 Å². The molecule has 2 heterocycles. The van der Waals surface area contributed by atoms with Crippen molar-refractivity contribution in [1.29, 1.82) is 5.26 Å². The molecule has 9 heteroatoms. The SMILES string of the molecule is CCCC(=O)Nc1nn(C2(CC#N)CCN(Cc3ccc(C4CCCCC4)cc3)CC2F)cc1C(N)O. The van der Waals surface area contributed by atoms with Gasteiger partial charge in [-0.05, 0) is 42.7 Å². The van der Waals surface area contributed by atoms with Crippen LogP contribution in [0, 0.1) is 11.3 Å². The summed E-state index contributed by atoms with van der Waals surface area (Å²) in [5.41, 5.74) is 7.26. The first kappa shape index (κ1) is 27.2. The van der Waals surface area contributed by atoms with Gasteiger partial charge in [0.1, 0.15) is 17.9 Å². The number of alkyl halides is 1. The third kappa shape index (κ3) is 6.20. The maximum atomic E-state index is 15.9. The Bertz CT molecular complexity index is 1090. The summed E-state index contributed by atoms with van der Waals surface area (Å²) in [6.07, 6.45) is 6.40. The maximum absolute atomic E-state index is 15.9. The van der Waals surface area contributed by atoms with Gasteiger partial charge in [-0.2, -0.15) is 10.4 Å². The molecule has 4 N–H and O–H groups in total. The van der Waals surface area contributed by atoms with Gasteiger partial charge in [-0.25, -0.2) is 4.39 Å². The lowest BCUT2D eigenvalue weighted by Crippen LogP contribution is -2.54. The van der Waals surface area contributed by atoms with Gasteiger partial charge in [0.2, 0.25) is 5.91 Å². The van der Waals surface area contributed by atoms with E-state index in [9.17, 15) is 15.2 Å². The van der Waals surface area contributed by atoms with Crippen molar-refractivity contribution in [2.75, 3.05) is 18.4 Å². The van der Waals surface area contributed by atoms with Crippen LogP contribution in [0.15, 0.2) is 30.5 Å². The fraction of sp³-hybridized carbons (Fsp3) is 0.607. The van der Waals surface area contributed by atoms with E-state index in [2.05, 4.69) is 45.7 Å². The fourth-order valence-electron chi connectivity index (χ4n) is 5.75. The summed E-state index contributed by atoms with van der Waals surface area (Å²) in [7, 11) is 0. The Morgan fingerprint density at radius 3 is 2.68 bits per heavy atom. The van der Waals surface area contributed by atoms with Gasteiger partial charge in [0, 0.05) is 32.3 Å². The molecule has 4 rings (SSSR count). The molecule has 0 spiro atoms. The second kappa shape index (κ2) is 12.2. The molecule has 3 atom stereocenters. The Balaban J connectivity index is 1.47. The Kier molecular flexibility index (Phi) is 8.95. The minimum atomic E-state index is -1.39. The quantitative estimate of drug-likeness (QED) is 0.428. The van der Waals surface area contributed by atoms with E-state index in [1.54, 1.807) is 0 Å². The number of nitrogens with two attached hydrogens (primary N) is 1. The third-order valence-corrected chi connectivity index (χ3v) is 7.96. The molecule has 8 nitrogen and oxygen atoms in total. The van der Waals surface area contributed by atoms with Crippen LogP contribution >= 0.6 is 0 Å². The number of halogens is 1. The first-order valence-corrected chi connectivity index (χ1v) is 13.5. The summed E-state index contributed by atoms with van der Waals surface area (Å²) in [5, 5.41) is 26.7. The van der Waals surface area contributed by atoms with E-state index in [0.717, 1.165) is 5.56 Å². The van der Waals surface area contributed by atoms with Crippen LogP contribution in [0.4, 0.5) is 10.2 Å². The largest absolute Gasteiger partial charge is 0.374 e. The molecular formula is C28H39FN6O2. The smallest absolute Gasteiger partial charge is 0.225 e. The minimum Gasteiger partial charge on any atom is -0.374 e. The number of carbonyl (C=O) groups is 1. The molecular weight excluding hydrogens is 471 g/mol. The zero-order chi connectivity index (χ0) is 26.4. The average molecular weight is 511 g/mol. The summed E-state index contributed by atoms with van der Waals surface area (Å²) in [5.74, 6) is 0.505. The predicted octanol–water partition coefficient (Wildman–Crippen LogP) is 4.47. The van der Waals surface area contributed by atoms with Crippen LogP contribution in [0.25, 0.3) is 0 Å². The first-order chi connectivity index (χ1) is 17.9. The van der Waals surface area contributed by atoms with E-state index in [1.165, 1.54) is 48.5 Å². The number of nitriles is 1. The Hall–Kier alpha value is -2.80. The van der Waals surface area contributed by atoms with Crippen LogP contribution < -0.4 is 11.1 Å². The van der Waals surface area contributed by atoms with E-state index in [0.29, 0.717) is 38.3 Å². The topological polar surface area (TPSA) is 120 Å². The molecule has 200 valence electrons. The molecule has 1 saturated carbocycles. The van der Waals surface area contributed by atoms with Crippen molar-refractivity contribution in [1.82, 2.24) is 14.7 Å². The Morgan fingerprint density at radius 2 is 2.05 bits per heavy atom. The number of benzene rings is 1. The Morgan fingerprint density at radius 1 is 1.32 bits per heavy atom. The number of hydrogen-bond donors (Lipinski definition) is 3. The van der Waals surface area contributed by atoms with E-state index in [1.807, 2.05) is 6.92 Å². The molecule has 1 amide bonds. The van der Waals surface area contributed by atoms with Crippen molar-refractivity contribution in [2.24, 2.45) is 5.73 Å². The number of anilines is 1. The number of aromatic nitrogens is 2. The normalized spacial score (nSPS) is 23.9. The highest BCUT2D eigenvalue weighted by Crippen LogP contribution is 2.38. The molecule has 3 unspecified atom stereocenters. The van der Waals surface area contributed by atoms with Crippen molar-refractivity contribution < 1.29 is 14.3 Å². The highest BCUT2D eigenvalue weighted by Gasteiger charge is 2.46. The standard InChI is InChI=1S/C28H39FN6O2/c1-2-6-25(36)32-27-23(26(31)37)18-35(33-27)28(13-15-30)14-16-34(19-24(28)29)17-20-9-11-22(12-10-20)21-7-4-3-5-8-21/h9-12,18,21,24,26,37H,2-8,13-14,16-17,19,31H2,1H3,(H,32,33,36). The second-order valence-corrected chi connectivity index (χ2v) is 10.6. The van der Waals surface area contributed by atoms with Crippen LogP contribution in [0.2, 0.25) is 0 Å². The van der Waals surface area contributed by atoms with E-state index in [-0.39, 0.29) is 30.3 Å². The summed E-state index contributed by atoms with van der Waals surface area (Å²) in [4.78, 5) is 14.2. The number of nitrogens with zero attached hydrogens (tertiary/aromatic N) is 4. The molecule has 2 aromatic rings. The third-order valence-electron chi connectivity index (χ3n) is 7.96. The molecule has 1 aliphatic carbocycles. The maximum Gasteiger partial charge on any atom is 0.225 e. The molecule has 37 heavy (non-hydrogen) atoms. The molecule has 1 aromatic heterocycles. The van der Waals surface area contributed by atoms with Gasteiger partial charge in [-0.15, -0.1) is 0 Å². The molecule has 0 radical (unpaired) electrons. The van der Waals surface area contributed by atoms with E-state index in [4.69, 9.17) is 5.73 Å². The van der Waals surface area contributed by atoms with Gasteiger partial charge in [-0.1, -0.05) is 50.5 Å². The van der Waals surface area contributed by atoms with Crippen molar-refractivity contribution in [2.45, 2.75) is 95.1 Å². The van der Waals surface area contributed by atoms with Crippen molar-refractivity contribution >= 4 is 11.7 Å². The number of aliphatic hydroxyl groups excluding tert-OH is 1. The van der Waals surface area contributed by atoms with Gasteiger partial charge in [0.15, 0.2) is 5.82 Å². The minimum absolute atomic E-state index is 0.0811. The predicted molar refractivity (Wildman–Crippen MR) is 140 cm³/mol. The van der Waals surface area contributed by atoms with Crippen molar-refractivity contribution in [3.8, 4) is 6.07 Å².